The fourth-order valence-corrected chi connectivity index (χ4v) is 2.24. The van der Waals surface area contributed by atoms with Gasteiger partial charge in [-0.1, -0.05) is 0 Å². The van der Waals surface area contributed by atoms with Crippen LogP contribution >= 0.6 is 0 Å². The van der Waals surface area contributed by atoms with E-state index < -0.39 is 48.1 Å². The van der Waals surface area contributed by atoms with E-state index in [1.807, 2.05) is 5.32 Å². The largest absolute Gasteiger partial charge is 0.444 e. The number of amides is 2. The highest BCUT2D eigenvalue weighted by atomic mass is 19.3. The van der Waals surface area contributed by atoms with Crippen LogP contribution in [-0.4, -0.2) is 46.5 Å². The highest BCUT2D eigenvalue weighted by molar-refractivity contribution is 5.95. The summed E-state index contributed by atoms with van der Waals surface area (Å²) in [6, 6.07) is -1.05. The molecule has 21 heavy (non-hydrogen) atoms. The summed E-state index contributed by atoms with van der Waals surface area (Å²) in [5, 5.41) is 2.04. The van der Waals surface area contributed by atoms with Gasteiger partial charge in [-0.2, -0.15) is 0 Å². The van der Waals surface area contributed by atoms with Crippen LogP contribution < -0.4 is 5.32 Å². The van der Waals surface area contributed by atoms with Crippen LogP contribution in [0.1, 0.15) is 48.0 Å². The molecule has 0 saturated carbocycles. The van der Waals surface area contributed by atoms with Gasteiger partial charge in [0.1, 0.15) is 5.60 Å². The van der Waals surface area contributed by atoms with Crippen LogP contribution in [0.5, 0.6) is 0 Å². The lowest BCUT2D eigenvalue weighted by molar-refractivity contribution is -0.126. The number of carbonyl (C=O) groups is 2. The number of rotatable bonds is 1. The smallest absolute Gasteiger partial charge is 0.414 e. The number of carbonyl (C=O) groups excluding carboxylic acids is 2. The van der Waals surface area contributed by atoms with Crippen LogP contribution in [0.4, 0.5) is 13.6 Å². The van der Waals surface area contributed by atoms with Gasteiger partial charge in [0.15, 0.2) is 0 Å². The first-order chi connectivity index (χ1) is 9.21. The van der Waals surface area contributed by atoms with Crippen molar-refractivity contribution in [2.45, 2.75) is 71.1 Å². The molecule has 1 atom stereocenters. The highest BCUT2D eigenvalue weighted by Gasteiger charge is 2.51. The Bertz CT molecular complexity index is 425. The summed E-state index contributed by atoms with van der Waals surface area (Å²) in [5.74, 6) is -3.69. The molecule has 0 unspecified atom stereocenters. The van der Waals surface area contributed by atoms with Crippen LogP contribution in [0.2, 0.25) is 0 Å². The quantitative estimate of drug-likeness (QED) is 0.809. The monoisotopic (exact) mass is 306 g/mol. The molecule has 0 aromatic rings. The van der Waals surface area contributed by atoms with Crippen molar-refractivity contribution in [2.75, 3.05) is 6.54 Å². The van der Waals surface area contributed by atoms with Crippen molar-refractivity contribution >= 4 is 12.0 Å². The maximum Gasteiger partial charge on any atom is 0.414 e. The van der Waals surface area contributed by atoms with Gasteiger partial charge in [0.25, 0.3) is 5.92 Å². The molecular weight excluding hydrogens is 282 g/mol. The van der Waals surface area contributed by atoms with Crippen molar-refractivity contribution in [1.82, 2.24) is 10.2 Å². The number of nitrogens with zero attached hydrogens (tertiary/aromatic N) is 1. The first-order valence-electron chi connectivity index (χ1n) is 6.90. The van der Waals surface area contributed by atoms with Gasteiger partial charge in [-0.3, -0.25) is 15.0 Å². The summed E-state index contributed by atoms with van der Waals surface area (Å²) < 4.78 is 32.2. The lowest BCUT2D eigenvalue weighted by Gasteiger charge is -2.35. The second kappa shape index (κ2) is 5.51. The Morgan fingerprint density at radius 2 is 1.71 bits per heavy atom. The number of alkyl halides is 2. The molecule has 5 nitrogen and oxygen atoms in total. The topological polar surface area (TPSA) is 58.6 Å². The number of nitrogens with one attached hydrogen (secondary N) is 1. The molecule has 0 aliphatic carbocycles. The molecule has 1 N–H and O–H groups in total. The third-order valence-corrected chi connectivity index (χ3v) is 3.06. The number of hydrogen-bond acceptors (Lipinski definition) is 4. The molecule has 1 saturated heterocycles. The number of hydrogen-bond donors (Lipinski definition) is 1. The lowest BCUT2D eigenvalue weighted by atomic mass is 10.0. The van der Waals surface area contributed by atoms with Gasteiger partial charge >= 0.3 is 6.09 Å². The van der Waals surface area contributed by atoms with Gasteiger partial charge in [-0.15, -0.1) is 0 Å². The van der Waals surface area contributed by atoms with Crippen LogP contribution in [-0.2, 0) is 9.53 Å². The molecule has 0 spiro atoms. The van der Waals surface area contributed by atoms with Crippen molar-refractivity contribution in [3.8, 4) is 0 Å². The summed E-state index contributed by atoms with van der Waals surface area (Å²) in [7, 11) is 0. The van der Waals surface area contributed by atoms with E-state index in [9.17, 15) is 18.4 Å². The predicted molar refractivity (Wildman–Crippen MR) is 74.2 cm³/mol. The molecule has 1 aliphatic heterocycles. The summed E-state index contributed by atoms with van der Waals surface area (Å²) in [6.07, 6.45) is -1.52. The predicted octanol–water partition coefficient (Wildman–Crippen LogP) is 2.55. The molecule has 0 bridgehead atoms. The molecule has 122 valence electrons. The van der Waals surface area contributed by atoms with Crippen molar-refractivity contribution in [3.05, 3.63) is 0 Å². The average Bonchev–Trinajstić information content (AvgIpc) is 2.50. The minimum absolute atomic E-state index is 0.497. The van der Waals surface area contributed by atoms with E-state index in [0.717, 1.165) is 0 Å². The van der Waals surface area contributed by atoms with E-state index in [2.05, 4.69) is 0 Å². The molecule has 2 amide bonds. The Balaban J connectivity index is 2.78. The zero-order chi connectivity index (χ0) is 16.6. The fraction of sp³-hybridized carbons (Fsp3) is 0.857. The number of halogens is 2. The molecular formula is C14H24F2N2O3. The third kappa shape index (κ3) is 5.22. The Morgan fingerprint density at radius 1 is 1.19 bits per heavy atom. The Hall–Kier alpha value is -1.24. The van der Waals surface area contributed by atoms with Gasteiger partial charge in [-0.05, 0) is 41.5 Å². The van der Waals surface area contributed by atoms with Gasteiger partial charge in [0.2, 0.25) is 5.91 Å². The number of alkyl carbamates (subject to hydrolysis) is 1. The molecule has 0 aromatic carbocycles. The molecule has 1 aliphatic rings. The summed E-state index contributed by atoms with van der Waals surface area (Å²) in [5.41, 5.74) is -1.36. The SMILES string of the molecule is CC(C)(C)OC(=O)NC(=O)[C@@H]1CC(F)(F)CN1C(C)(C)C. The average molecular weight is 306 g/mol. The molecule has 0 radical (unpaired) electrons. The second-order valence-corrected chi connectivity index (χ2v) is 7.37. The molecule has 7 heteroatoms. The maximum atomic E-state index is 13.6. The van der Waals surface area contributed by atoms with E-state index in [1.165, 1.54) is 4.90 Å². The highest BCUT2D eigenvalue weighted by Crippen LogP contribution is 2.36. The number of ether oxygens (including phenoxy) is 1. The molecule has 1 rings (SSSR count). The van der Waals surface area contributed by atoms with Gasteiger partial charge < -0.3 is 4.74 Å². The molecule has 0 aromatic heterocycles. The normalized spacial score (nSPS) is 23.0. The van der Waals surface area contributed by atoms with Crippen molar-refractivity contribution < 1.29 is 23.1 Å². The van der Waals surface area contributed by atoms with E-state index in [-0.39, 0.29) is 0 Å². The standard InChI is InChI=1S/C14H24F2N2O3/c1-12(2,3)18-8-14(15,16)7-9(18)10(19)17-11(20)21-13(4,5)6/h9H,7-8H2,1-6H3,(H,17,19,20)/t9-/m0/s1. The first kappa shape index (κ1) is 17.8. The van der Waals surface area contributed by atoms with E-state index in [0.29, 0.717) is 0 Å². The van der Waals surface area contributed by atoms with Crippen LogP contribution in [0.15, 0.2) is 0 Å². The Morgan fingerprint density at radius 3 is 2.14 bits per heavy atom. The van der Waals surface area contributed by atoms with Gasteiger partial charge in [0.05, 0.1) is 12.6 Å². The van der Waals surface area contributed by atoms with Crippen molar-refractivity contribution in [1.29, 1.82) is 0 Å². The second-order valence-electron chi connectivity index (χ2n) is 7.37. The van der Waals surface area contributed by atoms with Crippen LogP contribution in [0.25, 0.3) is 0 Å². The van der Waals surface area contributed by atoms with Crippen LogP contribution in [0.3, 0.4) is 0 Å². The van der Waals surface area contributed by atoms with E-state index >= 15 is 0 Å². The third-order valence-electron chi connectivity index (χ3n) is 3.06. The Labute approximate surface area is 124 Å². The van der Waals surface area contributed by atoms with E-state index in [1.54, 1.807) is 41.5 Å². The van der Waals surface area contributed by atoms with Crippen molar-refractivity contribution in [3.63, 3.8) is 0 Å². The number of likely N-dealkylation sites (tertiary alicyclic amines) is 1. The maximum absolute atomic E-state index is 13.6. The minimum atomic E-state index is -2.94. The fourth-order valence-electron chi connectivity index (χ4n) is 2.24. The minimum Gasteiger partial charge on any atom is -0.444 e. The van der Waals surface area contributed by atoms with Gasteiger partial charge in [-0.25, -0.2) is 13.6 Å². The van der Waals surface area contributed by atoms with Gasteiger partial charge in [0, 0.05) is 12.0 Å². The molecule has 1 heterocycles. The first-order valence-corrected chi connectivity index (χ1v) is 6.90. The summed E-state index contributed by atoms with van der Waals surface area (Å²) in [4.78, 5) is 25.1. The zero-order valence-corrected chi connectivity index (χ0v) is 13.4. The zero-order valence-electron chi connectivity index (χ0n) is 13.4. The number of imide groups is 1. The summed E-state index contributed by atoms with van der Waals surface area (Å²) >= 11 is 0. The van der Waals surface area contributed by atoms with Crippen molar-refractivity contribution in [2.24, 2.45) is 0 Å². The van der Waals surface area contributed by atoms with Crippen LogP contribution in [0, 0.1) is 0 Å². The van der Waals surface area contributed by atoms with E-state index in [4.69, 9.17) is 4.74 Å². The summed E-state index contributed by atoms with van der Waals surface area (Å²) in [6.45, 7) is 9.72. The lowest BCUT2D eigenvalue weighted by Crippen LogP contribution is -2.52. The Kier molecular flexibility index (Phi) is 4.68. The molecule has 1 fully saturated rings.